The number of nitrogens with zero attached hydrogens (tertiary/aromatic N) is 3. The highest BCUT2D eigenvalue weighted by atomic mass is 32.2. The van der Waals surface area contributed by atoms with Gasteiger partial charge in [-0.25, -0.2) is 17.7 Å². The number of hydrogen-bond donors (Lipinski definition) is 0. The third-order valence-electron chi connectivity index (χ3n) is 3.59. The van der Waals surface area contributed by atoms with Gasteiger partial charge in [0.25, 0.3) is 0 Å². The van der Waals surface area contributed by atoms with E-state index in [0.717, 1.165) is 43.9 Å². The minimum Gasteiger partial charge on any atom is -0.302 e. The number of rotatable bonds is 5. The van der Waals surface area contributed by atoms with Gasteiger partial charge in [0.05, 0.1) is 17.0 Å². The first kappa shape index (κ1) is 15.9. The Morgan fingerprint density at radius 3 is 2.75 bits per heavy atom. The summed E-state index contributed by atoms with van der Waals surface area (Å²) in [5.74, 6) is 0. The highest BCUT2D eigenvalue weighted by Crippen LogP contribution is 2.11. The van der Waals surface area contributed by atoms with E-state index in [1.54, 1.807) is 15.6 Å². The van der Waals surface area contributed by atoms with Crippen molar-refractivity contribution in [3.63, 3.8) is 0 Å². The van der Waals surface area contributed by atoms with Crippen molar-refractivity contribution in [1.29, 1.82) is 0 Å². The molecule has 1 aliphatic rings. The average molecular weight is 317 g/mol. The SMILES string of the molecule is Cc1nc(CCCN2CCCN(S(C)(=O)=O)CC2)cs1. The predicted octanol–water partition coefficient (Wildman–Crippen LogP) is 1.35. The second kappa shape index (κ2) is 6.98. The molecule has 0 N–H and O–H groups in total. The van der Waals surface area contributed by atoms with Gasteiger partial charge < -0.3 is 4.90 Å². The molecule has 0 aromatic carbocycles. The molecule has 1 aromatic heterocycles. The summed E-state index contributed by atoms with van der Waals surface area (Å²) in [5.41, 5.74) is 1.18. The Kier molecular flexibility index (Phi) is 5.54. The lowest BCUT2D eigenvalue weighted by Crippen LogP contribution is -2.34. The monoisotopic (exact) mass is 317 g/mol. The molecule has 0 spiro atoms. The maximum absolute atomic E-state index is 11.5. The van der Waals surface area contributed by atoms with Crippen molar-refractivity contribution < 1.29 is 8.42 Å². The van der Waals surface area contributed by atoms with Crippen molar-refractivity contribution in [2.75, 3.05) is 39.0 Å². The first-order chi connectivity index (χ1) is 9.45. The van der Waals surface area contributed by atoms with Gasteiger partial charge in [0, 0.05) is 25.0 Å². The van der Waals surface area contributed by atoms with Crippen LogP contribution in [0.4, 0.5) is 0 Å². The summed E-state index contributed by atoms with van der Waals surface area (Å²) >= 11 is 1.70. The number of aryl methyl sites for hydroxylation is 2. The molecule has 2 rings (SSSR count). The maximum Gasteiger partial charge on any atom is 0.211 e. The van der Waals surface area contributed by atoms with E-state index in [0.29, 0.717) is 13.1 Å². The second-order valence-corrected chi connectivity index (χ2v) is 8.36. The number of hydrogen-bond acceptors (Lipinski definition) is 5. The van der Waals surface area contributed by atoms with Gasteiger partial charge in [0.15, 0.2) is 0 Å². The molecule has 0 amide bonds. The van der Waals surface area contributed by atoms with Crippen LogP contribution in [-0.4, -0.2) is 61.6 Å². The molecule has 20 heavy (non-hydrogen) atoms. The summed E-state index contributed by atoms with van der Waals surface area (Å²) in [6, 6.07) is 0. The summed E-state index contributed by atoms with van der Waals surface area (Å²) in [5, 5.41) is 3.25. The summed E-state index contributed by atoms with van der Waals surface area (Å²) in [4.78, 5) is 6.83. The quantitative estimate of drug-likeness (QED) is 0.823. The summed E-state index contributed by atoms with van der Waals surface area (Å²) in [6.07, 6.45) is 4.31. The van der Waals surface area contributed by atoms with Crippen LogP contribution in [-0.2, 0) is 16.4 Å². The fourth-order valence-electron chi connectivity index (χ4n) is 2.51. The summed E-state index contributed by atoms with van der Waals surface area (Å²) < 4.78 is 24.7. The highest BCUT2D eigenvalue weighted by molar-refractivity contribution is 7.88. The molecule has 1 saturated heterocycles. The molecule has 0 unspecified atom stereocenters. The molecular weight excluding hydrogens is 294 g/mol. The lowest BCUT2D eigenvalue weighted by atomic mass is 10.2. The molecule has 0 aliphatic carbocycles. The molecule has 0 atom stereocenters. The molecule has 114 valence electrons. The Balaban J connectivity index is 1.74. The lowest BCUT2D eigenvalue weighted by molar-refractivity contribution is 0.283. The smallest absolute Gasteiger partial charge is 0.211 e. The van der Waals surface area contributed by atoms with E-state index in [-0.39, 0.29) is 0 Å². The average Bonchev–Trinajstić information content (AvgIpc) is 2.63. The van der Waals surface area contributed by atoms with Gasteiger partial charge in [0.1, 0.15) is 0 Å². The van der Waals surface area contributed by atoms with Gasteiger partial charge in [0.2, 0.25) is 10.0 Å². The molecular formula is C13H23N3O2S2. The van der Waals surface area contributed by atoms with Gasteiger partial charge in [-0.3, -0.25) is 0 Å². The minimum absolute atomic E-state index is 0.620. The maximum atomic E-state index is 11.5. The normalized spacial score (nSPS) is 19.1. The zero-order valence-electron chi connectivity index (χ0n) is 12.2. The third-order valence-corrected chi connectivity index (χ3v) is 5.72. The zero-order chi connectivity index (χ0) is 14.6. The van der Waals surface area contributed by atoms with Crippen LogP contribution in [0.25, 0.3) is 0 Å². The third kappa shape index (κ3) is 4.80. The number of thiazole rings is 1. The second-order valence-electron chi connectivity index (χ2n) is 5.32. The van der Waals surface area contributed by atoms with Crippen LogP contribution in [0.3, 0.4) is 0 Å². The first-order valence-electron chi connectivity index (χ1n) is 7.03. The van der Waals surface area contributed by atoms with E-state index in [1.807, 2.05) is 6.92 Å². The van der Waals surface area contributed by atoms with Gasteiger partial charge in [-0.1, -0.05) is 0 Å². The van der Waals surface area contributed by atoms with Crippen molar-refractivity contribution in [3.05, 3.63) is 16.1 Å². The molecule has 0 radical (unpaired) electrons. The van der Waals surface area contributed by atoms with Crippen LogP contribution in [0, 0.1) is 6.92 Å². The van der Waals surface area contributed by atoms with Crippen LogP contribution in [0.2, 0.25) is 0 Å². The highest BCUT2D eigenvalue weighted by Gasteiger charge is 2.20. The fourth-order valence-corrected chi connectivity index (χ4v) is 4.03. The standard InChI is InChI=1S/C13H23N3O2S2/c1-12-14-13(11-19-12)5-3-6-15-7-4-8-16(10-9-15)20(2,17)18/h11H,3-10H2,1-2H3. The van der Waals surface area contributed by atoms with E-state index in [1.165, 1.54) is 11.9 Å². The van der Waals surface area contributed by atoms with Gasteiger partial charge >= 0.3 is 0 Å². The van der Waals surface area contributed by atoms with E-state index in [9.17, 15) is 8.42 Å². The molecule has 1 fully saturated rings. The van der Waals surface area contributed by atoms with E-state index in [4.69, 9.17) is 0 Å². The molecule has 5 nitrogen and oxygen atoms in total. The van der Waals surface area contributed by atoms with Crippen LogP contribution in [0.5, 0.6) is 0 Å². The first-order valence-corrected chi connectivity index (χ1v) is 9.76. The summed E-state index contributed by atoms with van der Waals surface area (Å²) in [7, 11) is -3.04. The molecule has 2 heterocycles. The van der Waals surface area contributed by atoms with Gasteiger partial charge in [-0.2, -0.15) is 0 Å². The van der Waals surface area contributed by atoms with Gasteiger partial charge in [-0.05, 0) is 39.3 Å². The van der Waals surface area contributed by atoms with Crippen molar-refractivity contribution in [2.24, 2.45) is 0 Å². The predicted molar refractivity (Wildman–Crippen MR) is 82.6 cm³/mol. The fraction of sp³-hybridized carbons (Fsp3) is 0.769. The van der Waals surface area contributed by atoms with Crippen LogP contribution in [0.1, 0.15) is 23.5 Å². The van der Waals surface area contributed by atoms with Crippen LogP contribution < -0.4 is 0 Å². The Bertz CT molecular complexity index is 527. The summed E-state index contributed by atoms with van der Waals surface area (Å²) in [6.45, 7) is 6.15. The van der Waals surface area contributed by atoms with Crippen LogP contribution in [0.15, 0.2) is 5.38 Å². The molecule has 0 bridgehead atoms. The van der Waals surface area contributed by atoms with E-state index in [2.05, 4.69) is 15.3 Å². The van der Waals surface area contributed by atoms with Crippen molar-refractivity contribution >= 4 is 21.4 Å². The Morgan fingerprint density at radius 2 is 2.10 bits per heavy atom. The number of aromatic nitrogens is 1. The molecule has 1 aliphatic heterocycles. The molecule has 7 heteroatoms. The van der Waals surface area contributed by atoms with Crippen molar-refractivity contribution in [2.45, 2.75) is 26.2 Å². The van der Waals surface area contributed by atoms with Crippen molar-refractivity contribution in [3.8, 4) is 0 Å². The van der Waals surface area contributed by atoms with E-state index >= 15 is 0 Å². The lowest BCUT2D eigenvalue weighted by Gasteiger charge is -2.20. The van der Waals surface area contributed by atoms with Gasteiger partial charge in [-0.15, -0.1) is 11.3 Å². The Hall–Kier alpha value is -0.500. The van der Waals surface area contributed by atoms with Crippen LogP contribution >= 0.6 is 11.3 Å². The molecule has 1 aromatic rings. The minimum atomic E-state index is -3.04. The van der Waals surface area contributed by atoms with Crippen molar-refractivity contribution in [1.82, 2.24) is 14.2 Å². The van der Waals surface area contributed by atoms with E-state index < -0.39 is 10.0 Å². The zero-order valence-corrected chi connectivity index (χ0v) is 13.8. The Morgan fingerprint density at radius 1 is 1.30 bits per heavy atom. The topological polar surface area (TPSA) is 53.5 Å². The molecule has 0 saturated carbocycles. The Labute approximate surface area is 125 Å². The number of sulfonamides is 1. The largest absolute Gasteiger partial charge is 0.302 e.